The summed E-state index contributed by atoms with van der Waals surface area (Å²) in [7, 11) is -3.38. The Balaban J connectivity index is 1.81. The molecule has 1 saturated heterocycles. The normalized spacial score (nSPS) is 16.0. The summed E-state index contributed by atoms with van der Waals surface area (Å²) in [6, 6.07) is 7.54. The van der Waals surface area contributed by atoms with Gasteiger partial charge in [-0.3, -0.25) is 4.79 Å². The third-order valence-corrected chi connectivity index (χ3v) is 6.50. The predicted molar refractivity (Wildman–Crippen MR) is 102 cm³/mol. The van der Waals surface area contributed by atoms with Gasteiger partial charge in [-0.1, -0.05) is 23.7 Å². The average Bonchev–Trinajstić information content (AvgIpc) is 2.60. The van der Waals surface area contributed by atoms with Crippen molar-refractivity contribution in [3.63, 3.8) is 0 Å². The van der Waals surface area contributed by atoms with Crippen molar-refractivity contribution in [3.8, 4) is 0 Å². The van der Waals surface area contributed by atoms with Crippen LogP contribution < -0.4 is 10.2 Å². The van der Waals surface area contributed by atoms with Gasteiger partial charge < -0.3 is 10.2 Å². The second kappa shape index (κ2) is 9.62. The number of para-hydroxylation sites is 1. The molecular formula is C16H23Cl2N3O3S. The number of nitrogens with one attached hydrogen (secondary N) is 1. The van der Waals surface area contributed by atoms with Crippen LogP contribution in [-0.4, -0.2) is 63.0 Å². The molecule has 1 aromatic carbocycles. The van der Waals surface area contributed by atoms with E-state index in [-0.39, 0.29) is 18.2 Å². The second-order valence-electron chi connectivity index (χ2n) is 5.80. The number of carbonyl (C=O) groups is 1. The van der Waals surface area contributed by atoms with E-state index in [2.05, 4.69) is 10.2 Å². The minimum atomic E-state index is -3.38. The van der Waals surface area contributed by atoms with Gasteiger partial charge in [0.05, 0.1) is 16.5 Å². The van der Waals surface area contributed by atoms with E-state index in [1.165, 1.54) is 4.31 Å². The molecule has 0 atom stereocenters. The highest BCUT2D eigenvalue weighted by Crippen LogP contribution is 2.26. The lowest BCUT2D eigenvalue weighted by Gasteiger charge is -2.35. The number of sulfonamides is 1. The first kappa shape index (κ1) is 20.3. The summed E-state index contributed by atoms with van der Waals surface area (Å²) in [6.07, 6.45) is 0.907. The topological polar surface area (TPSA) is 69.7 Å². The van der Waals surface area contributed by atoms with E-state index in [1.807, 2.05) is 24.3 Å². The molecule has 2 rings (SSSR count). The van der Waals surface area contributed by atoms with Gasteiger partial charge in [-0.2, -0.15) is 4.31 Å². The molecular weight excluding hydrogens is 385 g/mol. The lowest BCUT2D eigenvalue weighted by atomic mass is 10.2. The van der Waals surface area contributed by atoms with Gasteiger partial charge in [0.1, 0.15) is 0 Å². The molecule has 0 unspecified atom stereocenters. The van der Waals surface area contributed by atoms with Crippen molar-refractivity contribution in [2.45, 2.75) is 12.8 Å². The first-order valence-corrected chi connectivity index (χ1v) is 10.8. The van der Waals surface area contributed by atoms with E-state index >= 15 is 0 Å². The maximum Gasteiger partial charge on any atom is 0.220 e. The number of nitrogens with zero attached hydrogens (tertiary/aromatic N) is 2. The Morgan fingerprint density at radius 1 is 1.16 bits per heavy atom. The maximum absolute atomic E-state index is 12.4. The number of anilines is 1. The Morgan fingerprint density at radius 3 is 2.48 bits per heavy atom. The Bertz CT molecular complexity index is 677. The molecule has 25 heavy (non-hydrogen) atoms. The fourth-order valence-corrected chi connectivity index (χ4v) is 4.41. The molecule has 0 saturated carbocycles. The monoisotopic (exact) mass is 407 g/mol. The van der Waals surface area contributed by atoms with Crippen LogP contribution in [0, 0.1) is 0 Å². The third kappa shape index (κ3) is 6.02. The van der Waals surface area contributed by atoms with Crippen LogP contribution in [-0.2, 0) is 14.8 Å². The quantitative estimate of drug-likeness (QED) is 0.668. The number of piperazine rings is 1. The first-order valence-electron chi connectivity index (χ1n) is 8.24. The van der Waals surface area contributed by atoms with Crippen molar-refractivity contribution in [3.05, 3.63) is 29.3 Å². The molecule has 0 aromatic heterocycles. The molecule has 0 bridgehead atoms. The lowest BCUT2D eigenvalue weighted by Crippen LogP contribution is -2.50. The maximum atomic E-state index is 12.4. The molecule has 1 aliphatic rings. The van der Waals surface area contributed by atoms with Crippen LogP contribution in [0.3, 0.4) is 0 Å². The van der Waals surface area contributed by atoms with Gasteiger partial charge >= 0.3 is 0 Å². The Hall–Kier alpha value is -1.02. The molecule has 1 aliphatic heterocycles. The summed E-state index contributed by atoms with van der Waals surface area (Å²) in [5.74, 6) is 0.159. The van der Waals surface area contributed by atoms with Gasteiger partial charge in [-0.15, -0.1) is 11.6 Å². The van der Waals surface area contributed by atoms with Crippen LogP contribution in [0.2, 0.25) is 5.02 Å². The highest BCUT2D eigenvalue weighted by Gasteiger charge is 2.27. The molecule has 9 heteroatoms. The summed E-state index contributed by atoms with van der Waals surface area (Å²) in [5, 5.41) is 3.29. The number of hydrogen-bond acceptors (Lipinski definition) is 4. The number of halogens is 2. The average molecular weight is 408 g/mol. The zero-order valence-electron chi connectivity index (χ0n) is 14.0. The minimum absolute atomic E-state index is 0.0916. The van der Waals surface area contributed by atoms with E-state index < -0.39 is 10.0 Å². The third-order valence-electron chi connectivity index (χ3n) is 4.04. The molecule has 6 nitrogen and oxygen atoms in total. The van der Waals surface area contributed by atoms with Gasteiger partial charge in [-0.05, 0) is 18.6 Å². The Morgan fingerprint density at radius 2 is 1.84 bits per heavy atom. The van der Waals surface area contributed by atoms with Crippen LogP contribution in [0.15, 0.2) is 24.3 Å². The standard InChI is InChI=1S/C16H23Cl2N3O3S/c17-7-3-6-16(22)19-8-13-25(23,24)21-11-9-20(10-12-21)15-5-2-1-4-14(15)18/h1-2,4-5H,3,6-13H2,(H,19,22). The van der Waals surface area contributed by atoms with Crippen LogP contribution >= 0.6 is 23.2 Å². The summed E-state index contributed by atoms with van der Waals surface area (Å²) >= 11 is 11.7. The van der Waals surface area contributed by atoms with Crippen molar-refractivity contribution in [2.24, 2.45) is 0 Å². The zero-order chi connectivity index (χ0) is 18.3. The number of alkyl halides is 1. The summed E-state index contributed by atoms with van der Waals surface area (Å²) < 4.78 is 26.3. The number of carbonyl (C=O) groups excluding carboxylic acids is 1. The van der Waals surface area contributed by atoms with Gasteiger partial charge in [-0.25, -0.2) is 8.42 Å². The number of benzene rings is 1. The molecule has 0 aliphatic carbocycles. The number of rotatable bonds is 8. The molecule has 1 heterocycles. The second-order valence-corrected chi connectivity index (χ2v) is 8.67. The van der Waals surface area contributed by atoms with E-state index in [0.29, 0.717) is 49.9 Å². The zero-order valence-corrected chi connectivity index (χ0v) is 16.3. The van der Waals surface area contributed by atoms with Gasteiger partial charge in [0, 0.05) is 45.0 Å². The van der Waals surface area contributed by atoms with E-state index in [9.17, 15) is 13.2 Å². The highest BCUT2D eigenvalue weighted by atomic mass is 35.5. The van der Waals surface area contributed by atoms with Crippen molar-refractivity contribution in [1.82, 2.24) is 9.62 Å². The van der Waals surface area contributed by atoms with Crippen LogP contribution in [0.5, 0.6) is 0 Å². The molecule has 0 radical (unpaired) electrons. The fraction of sp³-hybridized carbons (Fsp3) is 0.562. The van der Waals surface area contributed by atoms with Gasteiger partial charge in [0.2, 0.25) is 15.9 Å². The van der Waals surface area contributed by atoms with Crippen molar-refractivity contribution < 1.29 is 13.2 Å². The van der Waals surface area contributed by atoms with E-state index in [4.69, 9.17) is 23.2 Å². The summed E-state index contributed by atoms with van der Waals surface area (Å²) in [4.78, 5) is 13.6. The first-order chi connectivity index (χ1) is 11.9. The van der Waals surface area contributed by atoms with Gasteiger partial charge in [0.15, 0.2) is 0 Å². The number of hydrogen-bond donors (Lipinski definition) is 1. The largest absolute Gasteiger partial charge is 0.368 e. The smallest absolute Gasteiger partial charge is 0.220 e. The molecule has 1 fully saturated rings. The van der Waals surface area contributed by atoms with Crippen molar-refractivity contribution >= 4 is 44.8 Å². The predicted octanol–water partition coefficient (Wildman–Crippen LogP) is 1.93. The van der Waals surface area contributed by atoms with E-state index in [0.717, 1.165) is 5.69 Å². The summed E-state index contributed by atoms with van der Waals surface area (Å²) in [5.41, 5.74) is 0.924. The van der Waals surface area contributed by atoms with E-state index in [1.54, 1.807) is 0 Å². The Kier molecular flexibility index (Phi) is 7.81. The molecule has 1 amide bonds. The van der Waals surface area contributed by atoms with Crippen molar-refractivity contribution in [1.29, 1.82) is 0 Å². The fourth-order valence-electron chi connectivity index (χ4n) is 2.68. The SMILES string of the molecule is O=C(CCCCl)NCCS(=O)(=O)N1CCN(c2ccccc2Cl)CC1. The van der Waals surface area contributed by atoms with Crippen molar-refractivity contribution in [2.75, 3.05) is 49.3 Å². The highest BCUT2D eigenvalue weighted by molar-refractivity contribution is 7.89. The molecule has 1 aromatic rings. The lowest BCUT2D eigenvalue weighted by molar-refractivity contribution is -0.120. The molecule has 1 N–H and O–H groups in total. The molecule has 140 valence electrons. The number of amides is 1. The van der Waals surface area contributed by atoms with Crippen LogP contribution in [0.4, 0.5) is 5.69 Å². The minimum Gasteiger partial charge on any atom is -0.368 e. The van der Waals surface area contributed by atoms with Gasteiger partial charge in [0.25, 0.3) is 0 Å². The Labute approximate surface area is 159 Å². The van der Waals surface area contributed by atoms with Crippen LogP contribution in [0.25, 0.3) is 0 Å². The summed E-state index contributed by atoms with van der Waals surface area (Å²) in [6.45, 7) is 2.12. The van der Waals surface area contributed by atoms with Crippen LogP contribution in [0.1, 0.15) is 12.8 Å². The molecule has 0 spiro atoms.